The van der Waals surface area contributed by atoms with E-state index >= 15 is 0 Å². The van der Waals surface area contributed by atoms with Gasteiger partial charge in [0.15, 0.2) is 5.89 Å². The number of amides is 1. The topological polar surface area (TPSA) is 81.8 Å². The fourth-order valence-electron chi connectivity index (χ4n) is 4.17. The monoisotopic (exact) mass is 488 g/mol. The van der Waals surface area contributed by atoms with Gasteiger partial charge in [-0.25, -0.2) is 10.0 Å². The first-order valence-corrected chi connectivity index (χ1v) is 11.3. The number of halogens is 3. The van der Waals surface area contributed by atoms with Crippen LogP contribution in [0.3, 0.4) is 0 Å². The number of oxazole rings is 1. The molecule has 35 heavy (non-hydrogen) atoms. The molecule has 0 saturated carbocycles. The summed E-state index contributed by atoms with van der Waals surface area (Å²) >= 11 is 0. The molecule has 2 heterocycles. The molecule has 7 nitrogen and oxygen atoms in total. The summed E-state index contributed by atoms with van der Waals surface area (Å²) in [5, 5.41) is 14.0. The molecular weight excluding hydrogens is 461 g/mol. The third-order valence-electron chi connectivity index (χ3n) is 6.10. The number of aryl methyl sites for hydroxylation is 2. The van der Waals surface area contributed by atoms with Crippen LogP contribution >= 0.6 is 0 Å². The van der Waals surface area contributed by atoms with Crippen molar-refractivity contribution >= 4 is 23.0 Å². The molecule has 1 saturated heterocycles. The number of carbonyl (C=O) groups excluding carboxylic acids is 1. The molecule has 0 unspecified atom stereocenters. The first-order chi connectivity index (χ1) is 16.6. The molecule has 1 aromatic heterocycles. The summed E-state index contributed by atoms with van der Waals surface area (Å²) < 4.78 is 43.9. The zero-order valence-corrected chi connectivity index (χ0v) is 19.5. The number of aromatic nitrogens is 1. The highest BCUT2D eigenvalue weighted by molar-refractivity contribution is 5.91. The quantitative estimate of drug-likeness (QED) is 0.335. The Kier molecular flexibility index (Phi) is 7.02. The van der Waals surface area contributed by atoms with E-state index in [-0.39, 0.29) is 25.1 Å². The molecule has 1 aliphatic rings. The van der Waals surface area contributed by atoms with Crippen molar-refractivity contribution in [3.8, 4) is 0 Å². The van der Waals surface area contributed by atoms with Crippen LogP contribution in [0.15, 0.2) is 52.9 Å². The van der Waals surface area contributed by atoms with Gasteiger partial charge in [0.25, 0.3) is 0 Å². The Morgan fingerprint density at radius 1 is 1.09 bits per heavy atom. The molecule has 1 amide bonds. The third kappa shape index (κ3) is 5.94. The largest absolute Gasteiger partial charge is 0.435 e. The highest BCUT2D eigenvalue weighted by Crippen LogP contribution is 2.35. The summed E-state index contributed by atoms with van der Waals surface area (Å²) in [4.78, 5) is 18.4. The molecule has 0 radical (unpaired) electrons. The Labute approximate surface area is 201 Å². The fourth-order valence-corrected chi connectivity index (χ4v) is 4.17. The standard InChI is InChI=1S/C25H27F3N4O3/c1-16-23(35-17(2)29-16)24(33)32(34)15-18-3-5-20(6-4-18)30-21-7-9-22(10-8-21)31-13-11-19(12-14-31)25(26,27)28/h3-10,19,30,34H,11-15H2,1-2H3. The van der Waals surface area contributed by atoms with Crippen molar-refractivity contribution in [3.63, 3.8) is 0 Å². The number of hydrogen-bond acceptors (Lipinski definition) is 6. The Bertz CT molecular complexity index is 1150. The lowest BCUT2D eigenvalue weighted by molar-refractivity contribution is -0.179. The summed E-state index contributed by atoms with van der Waals surface area (Å²) in [7, 11) is 0. The number of anilines is 3. The summed E-state index contributed by atoms with van der Waals surface area (Å²) in [6.07, 6.45) is -3.88. The van der Waals surface area contributed by atoms with Gasteiger partial charge in [0.2, 0.25) is 5.76 Å². The molecule has 3 aromatic rings. The van der Waals surface area contributed by atoms with E-state index in [1.807, 2.05) is 41.3 Å². The van der Waals surface area contributed by atoms with E-state index in [1.54, 1.807) is 26.0 Å². The van der Waals surface area contributed by atoms with Crippen LogP contribution < -0.4 is 10.2 Å². The van der Waals surface area contributed by atoms with Gasteiger partial charge in [0, 0.05) is 37.1 Å². The van der Waals surface area contributed by atoms with Gasteiger partial charge >= 0.3 is 12.1 Å². The molecule has 0 bridgehead atoms. The van der Waals surface area contributed by atoms with Crippen LogP contribution in [-0.2, 0) is 6.54 Å². The average molecular weight is 489 g/mol. The number of benzene rings is 2. The van der Waals surface area contributed by atoms with Crippen LogP contribution in [0.1, 0.15) is 40.5 Å². The van der Waals surface area contributed by atoms with Crippen molar-refractivity contribution in [1.82, 2.24) is 10.0 Å². The first kappa shape index (κ1) is 24.6. The molecule has 1 aliphatic heterocycles. The maximum absolute atomic E-state index is 12.9. The molecular formula is C25H27F3N4O3. The number of alkyl halides is 3. The molecule has 1 fully saturated rings. The normalized spacial score (nSPS) is 14.7. The minimum absolute atomic E-state index is 0.0106. The number of rotatable bonds is 6. The third-order valence-corrected chi connectivity index (χ3v) is 6.10. The zero-order valence-electron chi connectivity index (χ0n) is 19.5. The first-order valence-electron chi connectivity index (χ1n) is 11.3. The lowest BCUT2D eigenvalue weighted by Gasteiger charge is -2.34. The highest BCUT2D eigenvalue weighted by atomic mass is 19.4. The fraction of sp³-hybridized carbons (Fsp3) is 0.360. The second-order valence-electron chi connectivity index (χ2n) is 8.68. The second-order valence-corrected chi connectivity index (χ2v) is 8.68. The van der Waals surface area contributed by atoms with Crippen molar-refractivity contribution in [2.75, 3.05) is 23.3 Å². The number of nitrogens with zero attached hydrogens (tertiary/aromatic N) is 3. The zero-order chi connectivity index (χ0) is 25.2. The van der Waals surface area contributed by atoms with Gasteiger partial charge in [-0.3, -0.25) is 10.0 Å². The predicted molar refractivity (Wildman–Crippen MR) is 125 cm³/mol. The molecule has 0 aliphatic carbocycles. The van der Waals surface area contributed by atoms with Gasteiger partial charge in [-0.1, -0.05) is 12.1 Å². The molecule has 2 aromatic carbocycles. The Morgan fingerprint density at radius 2 is 1.66 bits per heavy atom. The smallest absolute Gasteiger partial charge is 0.391 e. The Morgan fingerprint density at radius 3 is 2.17 bits per heavy atom. The molecule has 2 N–H and O–H groups in total. The van der Waals surface area contributed by atoms with E-state index in [4.69, 9.17) is 4.42 Å². The van der Waals surface area contributed by atoms with E-state index in [9.17, 15) is 23.2 Å². The van der Waals surface area contributed by atoms with Gasteiger partial charge in [-0.2, -0.15) is 13.2 Å². The number of nitrogens with one attached hydrogen (secondary N) is 1. The lowest BCUT2D eigenvalue weighted by atomic mass is 9.96. The molecule has 186 valence electrons. The maximum Gasteiger partial charge on any atom is 0.391 e. The summed E-state index contributed by atoms with van der Waals surface area (Å²) in [5.74, 6) is -1.51. The average Bonchev–Trinajstić information content (AvgIpc) is 3.17. The number of hydrogen-bond donors (Lipinski definition) is 2. The predicted octanol–water partition coefficient (Wildman–Crippen LogP) is 5.85. The number of piperidine rings is 1. The van der Waals surface area contributed by atoms with Crippen LogP contribution in [0.4, 0.5) is 30.2 Å². The van der Waals surface area contributed by atoms with Gasteiger partial charge in [-0.15, -0.1) is 0 Å². The van der Waals surface area contributed by atoms with Gasteiger partial charge in [-0.05, 0) is 61.7 Å². The van der Waals surface area contributed by atoms with Gasteiger partial charge in [0.1, 0.15) is 0 Å². The van der Waals surface area contributed by atoms with Crippen LogP contribution in [0.2, 0.25) is 0 Å². The van der Waals surface area contributed by atoms with Crippen molar-refractivity contribution in [1.29, 1.82) is 0 Å². The minimum atomic E-state index is -4.12. The Hall–Kier alpha value is -3.53. The molecule has 4 rings (SSSR count). The summed E-state index contributed by atoms with van der Waals surface area (Å²) in [5.41, 5.74) is 3.68. The van der Waals surface area contributed by atoms with E-state index in [1.165, 1.54) is 0 Å². The highest BCUT2D eigenvalue weighted by Gasteiger charge is 2.41. The van der Waals surface area contributed by atoms with Crippen molar-refractivity contribution < 1.29 is 27.6 Å². The lowest BCUT2D eigenvalue weighted by Crippen LogP contribution is -2.38. The van der Waals surface area contributed by atoms with Crippen LogP contribution in [0, 0.1) is 19.8 Å². The van der Waals surface area contributed by atoms with Crippen LogP contribution in [-0.4, -0.2) is 40.4 Å². The Balaban J connectivity index is 1.31. The van der Waals surface area contributed by atoms with Crippen LogP contribution in [0.5, 0.6) is 0 Å². The van der Waals surface area contributed by atoms with E-state index in [2.05, 4.69) is 10.3 Å². The van der Waals surface area contributed by atoms with Crippen molar-refractivity contribution in [2.24, 2.45) is 5.92 Å². The molecule has 10 heteroatoms. The number of hydroxylamine groups is 2. The summed E-state index contributed by atoms with van der Waals surface area (Å²) in [6, 6.07) is 14.8. The van der Waals surface area contributed by atoms with E-state index in [0.717, 1.165) is 22.6 Å². The van der Waals surface area contributed by atoms with Crippen LogP contribution in [0.25, 0.3) is 0 Å². The van der Waals surface area contributed by atoms with Crippen molar-refractivity contribution in [2.45, 2.75) is 39.4 Å². The van der Waals surface area contributed by atoms with Gasteiger partial charge < -0.3 is 14.6 Å². The van der Waals surface area contributed by atoms with Gasteiger partial charge in [0.05, 0.1) is 18.2 Å². The number of carbonyl (C=O) groups is 1. The molecule has 0 atom stereocenters. The summed E-state index contributed by atoms with van der Waals surface area (Å²) in [6.45, 7) is 4.03. The van der Waals surface area contributed by atoms with E-state index < -0.39 is 18.0 Å². The second kappa shape index (κ2) is 9.99. The minimum Gasteiger partial charge on any atom is -0.435 e. The SMILES string of the molecule is Cc1nc(C)c(C(=O)N(O)Cc2ccc(Nc3ccc(N4CCC(C(F)(F)F)CC4)cc3)cc2)o1. The van der Waals surface area contributed by atoms with E-state index in [0.29, 0.717) is 29.7 Å². The van der Waals surface area contributed by atoms with Crippen molar-refractivity contribution in [3.05, 3.63) is 71.4 Å². The maximum atomic E-state index is 12.9. The molecule has 0 spiro atoms.